The standard InChI is InChI=1S/C34H60O/c1-3-5-7-9-11-13-28-15-17-30(18-16-28)31-21-25-34(26-22-31)27-33(32(34)35)23-19-29(20-24-33)14-12-10-8-6-4-2/h28-31H,3-27H2,1-2H3/t28?,29?,30?,31-,33-,34-. The molecule has 1 nitrogen and oxygen atoms in total. The van der Waals surface area contributed by atoms with E-state index < -0.39 is 0 Å². The molecule has 1 heteroatoms. The number of ketones is 1. The van der Waals surface area contributed by atoms with Gasteiger partial charge in [0, 0.05) is 10.8 Å². The number of unbranched alkanes of at least 4 members (excludes halogenated alkanes) is 8. The highest BCUT2D eigenvalue weighted by molar-refractivity contribution is 5.96. The van der Waals surface area contributed by atoms with Gasteiger partial charge in [-0.25, -0.2) is 0 Å². The highest BCUT2D eigenvalue weighted by Gasteiger charge is 2.63. The van der Waals surface area contributed by atoms with E-state index >= 15 is 0 Å². The molecule has 4 fully saturated rings. The second-order valence-electron chi connectivity index (χ2n) is 14.0. The lowest BCUT2D eigenvalue weighted by Crippen LogP contribution is -2.59. The first-order valence-electron chi connectivity index (χ1n) is 16.7. The number of carbonyl (C=O) groups is 1. The minimum atomic E-state index is 0.138. The van der Waals surface area contributed by atoms with Crippen LogP contribution in [0.1, 0.15) is 174 Å². The molecule has 0 heterocycles. The van der Waals surface area contributed by atoms with E-state index in [1.54, 1.807) is 0 Å². The lowest BCUT2D eigenvalue weighted by molar-refractivity contribution is -0.169. The Balaban J connectivity index is 1.11. The topological polar surface area (TPSA) is 17.1 Å². The van der Waals surface area contributed by atoms with Crippen LogP contribution in [0.5, 0.6) is 0 Å². The molecule has 4 aliphatic rings. The number of rotatable bonds is 13. The molecule has 0 bridgehead atoms. The molecule has 4 saturated carbocycles. The van der Waals surface area contributed by atoms with Crippen molar-refractivity contribution in [2.75, 3.05) is 0 Å². The van der Waals surface area contributed by atoms with E-state index in [-0.39, 0.29) is 10.8 Å². The number of hydrogen-bond acceptors (Lipinski definition) is 1. The highest BCUT2D eigenvalue weighted by Crippen LogP contribution is 2.64. The van der Waals surface area contributed by atoms with Gasteiger partial charge in [-0.1, -0.05) is 104 Å². The Labute approximate surface area is 219 Å². The van der Waals surface area contributed by atoms with Crippen molar-refractivity contribution in [1.29, 1.82) is 0 Å². The Kier molecular flexibility index (Phi) is 10.7. The Hall–Kier alpha value is -0.330. The maximum atomic E-state index is 13.6. The molecule has 0 aromatic heterocycles. The maximum absolute atomic E-state index is 13.6. The van der Waals surface area contributed by atoms with Crippen LogP contribution < -0.4 is 0 Å². The van der Waals surface area contributed by atoms with Crippen LogP contribution in [-0.4, -0.2) is 5.78 Å². The van der Waals surface area contributed by atoms with Gasteiger partial charge >= 0.3 is 0 Å². The lowest BCUT2D eigenvalue weighted by atomic mass is 9.42. The van der Waals surface area contributed by atoms with Crippen molar-refractivity contribution in [2.24, 2.45) is 34.5 Å². The molecule has 0 aliphatic heterocycles. The zero-order chi connectivity index (χ0) is 24.6. The summed E-state index contributed by atoms with van der Waals surface area (Å²) in [5.74, 6) is 4.63. The van der Waals surface area contributed by atoms with Gasteiger partial charge in [-0.15, -0.1) is 0 Å². The third kappa shape index (κ3) is 6.96. The number of carbonyl (C=O) groups excluding carboxylic acids is 1. The Morgan fingerprint density at radius 2 is 0.971 bits per heavy atom. The molecule has 0 unspecified atom stereocenters. The highest BCUT2D eigenvalue weighted by atomic mass is 16.1. The Bertz CT molecular complexity index is 611. The first-order chi connectivity index (χ1) is 17.1. The summed E-state index contributed by atoms with van der Waals surface area (Å²) in [7, 11) is 0. The van der Waals surface area contributed by atoms with Crippen molar-refractivity contribution in [1.82, 2.24) is 0 Å². The fourth-order valence-corrected chi connectivity index (χ4v) is 9.28. The van der Waals surface area contributed by atoms with Crippen LogP contribution in [0.25, 0.3) is 0 Å². The van der Waals surface area contributed by atoms with Gasteiger partial charge in [-0.2, -0.15) is 0 Å². The fraction of sp³-hybridized carbons (Fsp3) is 0.971. The van der Waals surface area contributed by atoms with Crippen LogP contribution >= 0.6 is 0 Å². The predicted molar refractivity (Wildman–Crippen MR) is 151 cm³/mol. The van der Waals surface area contributed by atoms with E-state index in [1.807, 2.05) is 0 Å². The monoisotopic (exact) mass is 484 g/mol. The van der Waals surface area contributed by atoms with Gasteiger partial charge in [0.15, 0.2) is 0 Å². The predicted octanol–water partition coefficient (Wildman–Crippen LogP) is 10.8. The van der Waals surface area contributed by atoms with Crippen LogP contribution in [0.2, 0.25) is 0 Å². The molecular formula is C34H60O. The summed E-state index contributed by atoms with van der Waals surface area (Å²) in [5.41, 5.74) is 0.278. The van der Waals surface area contributed by atoms with Gasteiger partial charge in [-0.05, 0) is 94.3 Å². The zero-order valence-electron chi connectivity index (χ0n) is 23.9. The lowest BCUT2D eigenvalue weighted by Gasteiger charge is -2.59. The molecule has 2 spiro atoms. The molecule has 202 valence electrons. The van der Waals surface area contributed by atoms with Gasteiger partial charge in [0.05, 0.1) is 0 Å². The summed E-state index contributed by atoms with van der Waals surface area (Å²) < 4.78 is 0. The maximum Gasteiger partial charge on any atom is 0.145 e. The minimum Gasteiger partial charge on any atom is -0.298 e. The molecule has 0 saturated heterocycles. The zero-order valence-corrected chi connectivity index (χ0v) is 23.9. The summed E-state index contributed by atoms with van der Waals surface area (Å²) >= 11 is 0. The molecular weight excluding hydrogens is 424 g/mol. The largest absolute Gasteiger partial charge is 0.298 e. The molecule has 35 heavy (non-hydrogen) atoms. The molecule has 0 aromatic rings. The normalized spacial score (nSPS) is 37.6. The third-order valence-corrected chi connectivity index (χ3v) is 11.7. The molecule has 4 rings (SSSR count). The van der Waals surface area contributed by atoms with Gasteiger partial charge in [0.1, 0.15) is 5.78 Å². The van der Waals surface area contributed by atoms with Gasteiger partial charge in [-0.3, -0.25) is 4.79 Å². The van der Waals surface area contributed by atoms with E-state index in [4.69, 9.17) is 0 Å². The summed E-state index contributed by atoms with van der Waals surface area (Å²) in [6.45, 7) is 4.62. The Morgan fingerprint density at radius 1 is 0.543 bits per heavy atom. The van der Waals surface area contributed by atoms with E-state index in [0.717, 1.165) is 29.5 Å². The SMILES string of the molecule is CCCCCCCC1CCC([C@H]2CC[C@]3(CC2)C[C@@]2(CCC(CCCCCCC)CC2)C3=O)CC1. The first kappa shape index (κ1) is 27.7. The number of hydrogen-bond donors (Lipinski definition) is 0. The van der Waals surface area contributed by atoms with Crippen molar-refractivity contribution >= 4 is 5.78 Å². The van der Waals surface area contributed by atoms with Crippen LogP contribution in [0.15, 0.2) is 0 Å². The molecule has 0 aromatic carbocycles. The summed E-state index contributed by atoms with van der Waals surface area (Å²) in [5, 5.41) is 0. The Morgan fingerprint density at radius 3 is 1.46 bits per heavy atom. The smallest absolute Gasteiger partial charge is 0.145 e. The van der Waals surface area contributed by atoms with Crippen LogP contribution in [-0.2, 0) is 4.79 Å². The summed E-state index contributed by atoms with van der Waals surface area (Å²) in [6.07, 6.45) is 34.8. The van der Waals surface area contributed by atoms with Crippen molar-refractivity contribution in [3.63, 3.8) is 0 Å². The second kappa shape index (κ2) is 13.5. The third-order valence-electron chi connectivity index (χ3n) is 11.7. The average molecular weight is 485 g/mol. The second-order valence-corrected chi connectivity index (χ2v) is 14.0. The average Bonchev–Trinajstić information content (AvgIpc) is 2.90. The van der Waals surface area contributed by atoms with E-state index in [9.17, 15) is 4.79 Å². The fourth-order valence-electron chi connectivity index (χ4n) is 9.28. The molecule has 0 N–H and O–H groups in total. The van der Waals surface area contributed by atoms with Crippen molar-refractivity contribution < 1.29 is 4.79 Å². The summed E-state index contributed by atoms with van der Waals surface area (Å²) in [6, 6.07) is 0. The van der Waals surface area contributed by atoms with Gasteiger partial charge in [0.25, 0.3) is 0 Å². The minimum absolute atomic E-state index is 0.138. The van der Waals surface area contributed by atoms with Gasteiger partial charge in [0.2, 0.25) is 0 Å². The summed E-state index contributed by atoms with van der Waals surface area (Å²) in [4.78, 5) is 13.6. The van der Waals surface area contributed by atoms with Crippen LogP contribution in [0.3, 0.4) is 0 Å². The molecule has 4 aliphatic carbocycles. The van der Waals surface area contributed by atoms with Crippen LogP contribution in [0.4, 0.5) is 0 Å². The molecule has 0 atom stereocenters. The van der Waals surface area contributed by atoms with E-state index in [0.29, 0.717) is 0 Å². The number of Topliss-reactive ketones (excluding diaryl/α,β-unsaturated/α-hetero) is 1. The van der Waals surface area contributed by atoms with Crippen molar-refractivity contribution in [3.8, 4) is 0 Å². The molecule has 0 radical (unpaired) electrons. The molecule has 0 amide bonds. The van der Waals surface area contributed by atoms with Crippen LogP contribution in [0, 0.1) is 34.5 Å². The first-order valence-corrected chi connectivity index (χ1v) is 16.7. The van der Waals surface area contributed by atoms with Gasteiger partial charge < -0.3 is 0 Å². The van der Waals surface area contributed by atoms with Crippen molar-refractivity contribution in [3.05, 3.63) is 0 Å². The van der Waals surface area contributed by atoms with E-state index in [1.165, 1.54) is 161 Å². The quantitative estimate of drug-likeness (QED) is 0.237. The van der Waals surface area contributed by atoms with Crippen molar-refractivity contribution in [2.45, 2.75) is 174 Å². The van der Waals surface area contributed by atoms with E-state index in [2.05, 4.69) is 13.8 Å².